The molecule has 1 heterocycles. The summed E-state index contributed by atoms with van der Waals surface area (Å²) in [5.41, 5.74) is 2.03. The van der Waals surface area contributed by atoms with Crippen molar-refractivity contribution in [2.45, 2.75) is 24.3 Å². The summed E-state index contributed by atoms with van der Waals surface area (Å²) in [4.78, 5) is 23.8. The Morgan fingerprint density at radius 1 is 1.11 bits per heavy atom. The van der Waals surface area contributed by atoms with Crippen LogP contribution in [0.15, 0.2) is 53.7 Å². The van der Waals surface area contributed by atoms with Gasteiger partial charge in [-0.2, -0.15) is 0 Å². The zero-order chi connectivity index (χ0) is 20.3. The topological polar surface area (TPSA) is 76.9 Å². The highest BCUT2D eigenvalue weighted by Crippen LogP contribution is 2.30. The van der Waals surface area contributed by atoms with E-state index in [4.69, 9.17) is 11.6 Å². The van der Waals surface area contributed by atoms with Gasteiger partial charge in [0.1, 0.15) is 0 Å². The van der Waals surface area contributed by atoms with Crippen LogP contribution >= 0.6 is 23.4 Å². The third-order valence-corrected chi connectivity index (χ3v) is 5.62. The van der Waals surface area contributed by atoms with E-state index in [0.29, 0.717) is 27.3 Å². The van der Waals surface area contributed by atoms with Crippen LogP contribution in [-0.4, -0.2) is 31.7 Å². The number of halogens is 1. The number of nitrogens with one attached hydrogen (secondary N) is 1. The molecule has 3 rings (SSSR count). The Morgan fingerprint density at radius 2 is 1.79 bits per heavy atom. The average Bonchev–Trinajstić information content (AvgIpc) is 3.03. The van der Waals surface area contributed by atoms with E-state index in [1.54, 1.807) is 37.3 Å². The molecule has 1 atom stereocenters. The summed E-state index contributed by atoms with van der Waals surface area (Å²) in [5, 5.41) is 12.1. The standard InChI is InChI=1S/C20H19ClN4O2S/c1-12(26)14-8-10-15(11-9-14)22-19(27)13(2)28-20-24-23-18(25(20)3)16-6-4-5-7-17(16)21/h4-11,13H,1-3H3,(H,22,27). The molecule has 0 aliphatic carbocycles. The van der Waals surface area contributed by atoms with Crippen LogP contribution in [0.1, 0.15) is 24.2 Å². The van der Waals surface area contributed by atoms with E-state index < -0.39 is 5.25 Å². The van der Waals surface area contributed by atoms with Crippen LogP contribution in [-0.2, 0) is 11.8 Å². The van der Waals surface area contributed by atoms with Gasteiger partial charge in [-0.05, 0) is 50.2 Å². The molecule has 0 fully saturated rings. The Hall–Kier alpha value is -2.64. The number of thioether (sulfide) groups is 1. The number of hydrogen-bond acceptors (Lipinski definition) is 5. The molecule has 0 spiro atoms. The second-order valence-corrected chi connectivity index (χ2v) is 7.94. The lowest BCUT2D eigenvalue weighted by Crippen LogP contribution is -2.22. The van der Waals surface area contributed by atoms with E-state index >= 15 is 0 Å². The number of benzene rings is 2. The predicted molar refractivity (Wildman–Crippen MR) is 112 cm³/mol. The molecule has 0 radical (unpaired) electrons. The minimum atomic E-state index is -0.394. The lowest BCUT2D eigenvalue weighted by Gasteiger charge is -2.12. The number of nitrogens with zero attached hydrogens (tertiary/aromatic N) is 3. The fourth-order valence-corrected chi connectivity index (χ4v) is 3.57. The van der Waals surface area contributed by atoms with E-state index in [9.17, 15) is 9.59 Å². The van der Waals surface area contributed by atoms with Gasteiger partial charge < -0.3 is 9.88 Å². The Labute approximate surface area is 172 Å². The number of rotatable bonds is 6. The average molecular weight is 415 g/mol. The maximum Gasteiger partial charge on any atom is 0.237 e. The van der Waals surface area contributed by atoms with Crippen molar-refractivity contribution in [2.75, 3.05) is 5.32 Å². The first kappa shape index (κ1) is 20.1. The molecule has 28 heavy (non-hydrogen) atoms. The lowest BCUT2D eigenvalue weighted by molar-refractivity contribution is -0.115. The summed E-state index contributed by atoms with van der Waals surface area (Å²) in [7, 11) is 1.84. The number of ketones is 1. The van der Waals surface area contributed by atoms with Crippen molar-refractivity contribution in [3.05, 3.63) is 59.1 Å². The van der Waals surface area contributed by atoms with Gasteiger partial charge in [-0.3, -0.25) is 9.59 Å². The second kappa shape index (κ2) is 8.58. The van der Waals surface area contributed by atoms with Gasteiger partial charge in [0, 0.05) is 23.9 Å². The van der Waals surface area contributed by atoms with Crippen LogP contribution in [0.25, 0.3) is 11.4 Å². The molecule has 8 heteroatoms. The molecule has 0 saturated carbocycles. The van der Waals surface area contributed by atoms with E-state index in [-0.39, 0.29) is 11.7 Å². The molecule has 6 nitrogen and oxygen atoms in total. The monoisotopic (exact) mass is 414 g/mol. The van der Waals surface area contributed by atoms with E-state index in [1.807, 2.05) is 29.8 Å². The third-order valence-electron chi connectivity index (χ3n) is 4.16. The molecule has 2 aromatic carbocycles. The van der Waals surface area contributed by atoms with Crippen LogP contribution in [0.5, 0.6) is 0 Å². The smallest absolute Gasteiger partial charge is 0.237 e. The van der Waals surface area contributed by atoms with Gasteiger partial charge in [0.05, 0.1) is 10.3 Å². The summed E-state index contributed by atoms with van der Waals surface area (Å²) in [6.45, 7) is 3.30. The predicted octanol–water partition coefficient (Wildman–Crippen LogP) is 4.46. The number of aromatic nitrogens is 3. The summed E-state index contributed by atoms with van der Waals surface area (Å²) in [5.74, 6) is 0.460. The molecule has 0 aliphatic heterocycles. The first-order valence-electron chi connectivity index (χ1n) is 8.59. The van der Waals surface area contributed by atoms with Gasteiger partial charge in [-0.15, -0.1) is 10.2 Å². The van der Waals surface area contributed by atoms with Crippen LogP contribution in [0.3, 0.4) is 0 Å². The van der Waals surface area contributed by atoms with Crippen LogP contribution in [0.4, 0.5) is 5.69 Å². The number of Topliss-reactive ketones (excluding diaryl/α,β-unsaturated/α-hetero) is 1. The Bertz CT molecular complexity index is 1020. The van der Waals surface area contributed by atoms with Crippen molar-refractivity contribution in [3.8, 4) is 11.4 Å². The molecule has 0 bridgehead atoms. The summed E-state index contributed by atoms with van der Waals surface area (Å²) >= 11 is 7.55. The van der Waals surface area contributed by atoms with E-state index in [1.165, 1.54) is 18.7 Å². The van der Waals surface area contributed by atoms with Gasteiger partial charge in [0.15, 0.2) is 16.8 Å². The van der Waals surface area contributed by atoms with Crippen molar-refractivity contribution in [1.29, 1.82) is 0 Å². The quantitative estimate of drug-likeness (QED) is 0.476. The van der Waals surface area contributed by atoms with Crippen LogP contribution in [0, 0.1) is 0 Å². The van der Waals surface area contributed by atoms with Gasteiger partial charge in [-0.25, -0.2) is 0 Å². The normalized spacial score (nSPS) is 11.9. The SMILES string of the molecule is CC(=O)c1ccc(NC(=O)C(C)Sc2nnc(-c3ccccc3Cl)n2C)cc1. The highest BCUT2D eigenvalue weighted by atomic mass is 35.5. The molecule has 1 N–H and O–H groups in total. The van der Waals surface area contributed by atoms with Gasteiger partial charge in [-0.1, -0.05) is 35.5 Å². The minimum absolute atomic E-state index is 0.0154. The fraction of sp³-hybridized carbons (Fsp3) is 0.200. The number of hydrogen-bond donors (Lipinski definition) is 1. The third kappa shape index (κ3) is 4.43. The molecule has 1 aromatic heterocycles. The molecule has 144 valence electrons. The highest BCUT2D eigenvalue weighted by molar-refractivity contribution is 8.00. The zero-order valence-corrected chi connectivity index (χ0v) is 17.2. The van der Waals surface area contributed by atoms with Gasteiger partial charge in [0.2, 0.25) is 5.91 Å². The number of anilines is 1. The van der Waals surface area contributed by atoms with Crippen LogP contribution in [0.2, 0.25) is 5.02 Å². The molecular formula is C20H19ClN4O2S. The Balaban J connectivity index is 1.69. The van der Waals surface area contributed by atoms with E-state index in [0.717, 1.165) is 5.56 Å². The zero-order valence-electron chi connectivity index (χ0n) is 15.6. The Kier molecular flexibility index (Phi) is 6.16. The molecule has 1 amide bonds. The van der Waals surface area contributed by atoms with Crippen molar-refractivity contribution in [2.24, 2.45) is 7.05 Å². The fourth-order valence-electron chi connectivity index (χ4n) is 2.54. The van der Waals surface area contributed by atoms with Crippen molar-refractivity contribution in [3.63, 3.8) is 0 Å². The second-order valence-electron chi connectivity index (χ2n) is 6.23. The van der Waals surface area contributed by atoms with Crippen molar-refractivity contribution >= 4 is 40.7 Å². The first-order valence-corrected chi connectivity index (χ1v) is 9.85. The maximum absolute atomic E-state index is 12.5. The summed E-state index contributed by atoms with van der Waals surface area (Å²) in [6.07, 6.45) is 0. The highest BCUT2D eigenvalue weighted by Gasteiger charge is 2.20. The number of amides is 1. The van der Waals surface area contributed by atoms with Crippen molar-refractivity contribution < 1.29 is 9.59 Å². The van der Waals surface area contributed by atoms with E-state index in [2.05, 4.69) is 15.5 Å². The number of carbonyl (C=O) groups is 2. The minimum Gasteiger partial charge on any atom is -0.325 e. The molecular weight excluding hydrogens is 396 g/mol. The maximum atomic E-state index is 12.5. The largest absolute Gasteiger partial charge is 0.325 e. The summed E-state index contributed by atoms with van der Waals surface area (Å²) in [6, 6.07) is 14.2. The van der Waals surface area contributed by atoms with Crippen LogP contribution < -0.4 is 5.32 Å². The molecule has 3 aromatic rings. The molecule has 0 aliphatic rings. The summed E-state index contributed by atoms with van der Waals surface area (Å²) < 4.78 is 1.82. The first-order chi connectivity index (χ1) is 13.4. The number of carbonyl (C=O) groups excluding carboxylic acids is 2. The molecule has 0 saturated heterocycles. The van der Waals surface area contributed by atoms with Gasteiger partial charge in [0.25, 0.3) is 0 Å². The Morgan fingerprint density at radius 3 is 2.43 bits per heavy atom. The van der Waals surface area contributed by atoms with Crippen molar-refractivity contribution in [1.82, 2.24) is 14.8 Å². The van der Waals surface area contributed by atoms with Gasteiger partial charge >= 0.3 is 0 Å². The molecule has 1 unspecified atom stereocenters. The lowest BCUT2D eigenvalue weighted by atomic mass is 10.1.